The number of carbonyl (C=O) groups excluding carboxylic acids is 3. The third-order valence-corrected chi connectivity index (χ3v) is 4.05. The zero-order chi connectivity index (χ0) is 20.4. The lowest BCUT2D eigenvalue weighted by molar-refractivity contribution is -0.163. The average molecular weight is 393 g/mol. The van der Waals surface area contributed by atoms with Gasteiger partial charge in [-0.25, -0.2) is 9.97 Å². The van der Waals surface area contributed by atoms with E-state index >= 15 is 0 Å². The monoisotopic (exact) mass is 392 g/mol. The van der Waals surface area contributed by atoms with E-state index in [0.29, 0.717) is 10.5 Å². The van der Waals surface area contributed by atoms with E-state index in [9.17, 15) is 14.4 Å². The molecule has 0 bridgehead atoms. The number of nitrogens with zero attached hydrogens (tertiary/aromatic N) is 2. The van der Waals surface area contributed by atoms with Gasteiger partial charge in [-0.2, -0.15) is 0 Å². The van der Waals surface area contributed by atoms with Crippen LogP contribution in [0.4, 0.5) is 0 Å². The van der Waals surface area contributed by atoms with Crippen molar-refractivity contribution in [1.29, 1.82) is 0 Å². The summed E-state index contributed by atoms with van der Waals surface area (Å²) < 4.78 is 4.92. The topological polar surface area (TPSA) is 110 Å². The summed E-state index contributed by atoms with van der Waals surface area (Å²) in [4.78, 5) is 44.0. The van der Waals surface area contributed by atoms with Crippen molar-refractivity contribution in [1.82, 2.24) is 20.8 Å². The Kier molecular flexibility index (Phi) is 6.00. The third-order valence-electron chi connectivity index (χ3n) is 3.84. The maximum absolute atomic E-state index is 12.5. The molecule has 0 saturated heterocycles. The molecule has 0 spiro atoms. The maximum Gasteiger partial charge on any atom is 0.303 e. The predicted molar refractivity (Wildman–Crippen MR) is 100 cm³/mol. The van der Waals surface area contributed by atoms with Crippen LogP contribution < -0.4 is 10.9 Å². The van der Waals surface area contributed by atoms with Gasteiger partial charge in [0.05, 0.1) is 0 Å². The summed E-state index contributed by atoms with van der Waals surface area (Å²) in [5.41, 5.74) is 4.09. The van der Waals surface area contributed by atoms with Gasteiger partial charge in [-0.05, 0) is 36.8 Å². The normalized spacial score (nSPS) is 11.4. The molecule has 2 amide bonds. The van der Waals surface area contributed by atoms with Gasteiger partial charge in [0.1, 0.15) is 10.8 Å². The van der Waals surface area contributed by atoms with E-state index in [1.807, 2.05) is 13.8 Å². The molecule has 0 saturated carbocycles. The fraction of sp³-hybridized carbons (Fsp3) is 0.389. The molecule has 2 N–H and O–H groups in total. The highest BCUT2D eigenvalue weighted by Gasteiger charge is 2.31. The zero-order valence-corrected chi connectivity index (χ0v) is 16.5. The second kappa shape index (κ2) is 7.87. The number of hydrazine groups is 1. The lowest BCUT2D eigenvalue weighted by Crippen LogP contribution is -2.52. The lowest BCUT2D eigenvalue weighted by atomic mass is 9.98. The number of fused-ring (bicyclic) bond motifs is 1. The molecule has 0 fully saturated rings. The lowest BCUT2D eigenvalue weighted by Gasteiger charge is -2.23. The molecule has 2 aromatic heterocycles. The van der Waals surface area contributed by atoms with E-state index in [2.05, 4.69) is 20.8 Å². The molecule has 0 aliphatic heterocycles. The van der Waals surface area contributed by atoms with Gasteiger partial charge in [0.2, 0.25) is 0 Å². The Morgan fingerprint density at radius 2 is 1.78 bits per heavy atom. The van der Waals surface area contributed by atoms with Gasteiger partial charge >= 0.3 is 5.97 Å². The number of nitrogens with one attached hydrogen (secondary N) is 2. The molecule has 27 heavy (non-hydrogen) atoms. The number of hydrogen-bond donors (Lipinski definition) is 2. The van der Waals surface area contributed by atoms with Crippen molar-refractivity contribution in [2.24, 2.45) is 0 Å². The van der Waals surface area contributed by atoms with Crippen molar-refractivity contribution < 1.29 is 19.1 Å². The van der Waals surface area contributed by atoms with Crippen LogP contribution in [0.3, 0.4) is 0 Å². The molecular weight excluding hydrogens is 372 g/mol. The fourth-order valence-corrected chi connectivity index (χ4v) is 2.66. The fourth-order valence-electron chi connectivity index (χ4n) is 2.50. The van der Waals surface area contributed by atoms with Crippen molar-refractivity contribution in [3.8, 4) is 0 Å². The first-order valence-electron chi connectivity index (χ1n) is 8.27. The summed E-state index contributed by atoms with van der Waals surface area (Å²) in [7, 11) is 0. The summed E-state index contributed by atoms with van der Waals surface area (Å²) in [6, 6.07) is 1.67. The van der Waals surface area contributed by atoms with E-state index < -0.39 is 23.4 Å². The van der Waals surface area contributed by atoms with Crippen LogP contribution in [0.25, 0.3) is 10.8 Å². The molecule has 0 atom stereocenters. The van der Waals surface area contributed by atoms with Crippen LogP contribution in [0.5, 0.6) is 0 Å². The summed E-state index contributed by atoms with van der Waals surface area (Å²) >= 11 is 5.99. The molecular formula is C18H21ClN4O4. The summed E-state index contributed by atoms with van der Waals surface area (Å²) in [5.74, 6) is -1.76. The van der Waals surface area contributed by atoms with Crippen LogP contribution in [-0.2, 0) is 14.3 Å². The van der Waals surface area contributed by atoms with E-state index in [1.165, 1.54) is 27.0 Å². The molecule has 0 aliphatic rings. The highest BCUT2D eigenvalue weighted by Crippen LogP contribution is 2.27. The first-order valence-corrected chi connectivity index (χ1v) is 8.65. The Morgan fingerprint density at radius 3 is 2.37 bits per heavy atom. The van der Waals surface area contributed by atoms with Crippen molar-refractivity contribution >= 4 is 40.2 Å². The highest BCUT2D eigenvalue weighted by molar-refractivity contribution is 6.30. The van der Waals surface area contributed by atoms with E-state index in [-0.39, 0.29) is 11.6 Å². The van der Waals surface area contributed by atoms with Crippen molar-refractivity contribution in [2.75, 3.05) is 0 Å². The molecule has 0 aliphatic carbocycles. The number of amides is 2. The number of esters is 1. The quantitative estimate of drug-likeness (QED) is 0.470. The number of halogens is 1. The van der Waals surface area contributed by atoms with Gasteiger partial charge < -0.3 is 4.74 Å². The van der Waals surface area contributed by atoms with Crippen LogP contribution in [0.1, 0.15) is 56.6 Å². The smallest absolute Gasteiger partial charge is 0.303 e. The molecule has 2 aromatic rings. The van der Waals surface area contributed by atoms with E-state index in [0.717, 1.165) is 10.9 Å². The highest BCUT2D eigenvalue weighted by atomic mass is 35.5. The first kappa shape index (κ1) is 20.6. The van der Waals surface area contributed by atoms with Crippen LogP contribution in [0.15, 0.2) is 18.5 Å². The van der Waals surface area contributed by atoms with Gasteiger partial charge in [-0.1, -0.05) is 25.4 Å². The maximum atomic E-state index is 12.5. The molecule has 9 heteroatoms. The van der Waals surface area contributed by atoms with E-state index in [1.54, 1.807) is 12.3 Å². The number of pyridine rings is 2. The second-order valence-corrected chi connectivity index (χ2v) is 7.17. The molecule has 2 rings (SSSR count). The minimum atomic E-state index is -1.44. The number of rotatable bonds is 4. The van der Waals surface area contributed by atoms with Gasteiger partial charge in [-0.3, -0.25) is 25.2 Å². The van der Waals surface area contributed by atoms with Gasteiger partial charge in [0.25, 0.3) is 11.8 Å². The second-order valence-electron chi connectivity index (χ2n) is 6.78. The largest absolute Gasteiger partial charge is 0.450 e. The van der Waals surface area contributed by atoms with Crippen LogP contribution in [-0.4, -0.2) is 33.4 Å². The van der Waals surface area contributed by atoms with Crippen LogP contribution in [0.2, 0.25) is 5.15 Å². The van der Waals surface area contributed by atoms with Gasteiger partial charge in [-0.15, -0.1) is 0 Å². The van der Waals surface area contributed by atoms with E-state index in [4.69, 9.17) is 16.3 Å². The van der Waals surface area contributed by atoms with Gasteiger partial charge in [0.15, 0.2) is 5.60 Å². The van der Waals surface area contributed by atoms with Crippen LogP contribution in [0, 0.1) is 0 Å². The Morgan fingerprint density at radius 1 is 1.11 bits per heavy atom. The minimum Gasteiger partial charge on any atom is -0.450 e. The van der Waals surface area contributed by atoms with Crippen LogP contribution >= 0.6 is 11.6 Å². The Labute approximate surface area is 161 Å². The number of ether oxygens (including phenoxy) is 1. The Hall–Kier alpha value is -2.74. The molecule has 0 unspecified atom stereocenters. The zero-order valence-electron chi connectivity index (χ0n) is 15.7. The standard InChI is InChI=1S/C18H21ClN4O4/c1-9(2)12-7-21-15(13-8-20-14(19)6-11(12)13)16(25)22-23-17(26)18(4,5)27-10(3)24/h6-9H,1-5H3,(H,22,25)(H,23,26). The summed E-state index contributed by atoms with van der Waals surface area (Å²) in [5, 5.41) is 1.58. The first-order chi connectivity index (χ1) is 12.5. The predicted octanol–water partition coefficient (Wildman–Crippen LogP) is 2.51. The summed E-state index contributed by atoms with van der Waals surface area (Å²) in [6.45, 7) is 8.02. The SMILES string of the molecule is CC(=O)OC(C)(C)C(=O)NNC(=O)c1ncc(C(C)C)c2cc(Cl)ncc12. The third kappa shape index (κ3) is 4.71. The Bertz CT molecular complexity index is 912. The number of carbonyl (C=O) groups is 3. The number of hydrogen-bond acceptors (Lipinski definition) is 6. The average Bonchev–Trinajstić information content (AvgIpc) is 2.56. The summed E-state index contributed by atoms with van der Waals surface area (Å²) in [6.07, 6.45) is 3.07. The van der Waals surface area contributed by atoms with Crippen molar-refractivity contribution in [3.05, 3.63) is 34.9 Å². The molecule has 8 nitrogen and oxygen atoms in total. The Balaban J connectivity index is 2.27. The number of aromatic nitrogens is 2. The molecule has 0 radical (unpaired) electrons. The molecule has 144 valence electrons. The molecule has 2 heterocycles. The van der Waals surface area contributed by atoms with Crippen molar-refractivity contribution in [3.63, 3.8) is 0 Å². The van der Waals surface area contributed by atoms with Gasteiger partial charge in [0, 0.05) is 24.7 Å². The minimum absolute atomic E-state index is 0.0872. The molecule has 0 aromatic carbocycles. The van der Waals surface area contributed by atoms with Crippen molar-refractivity contribution in [2.45, 2.75) is 46.1 Å².